The molecule has 0 fully saturated rings. The summed E-state index contributed by atoms with van der Waals surface area (Å²) in [6.45, 7) is 2.01. The highest BCUT2D eigenvalue weighted by Crippen LogP contribution is 2.23. The molecule has 3 aromatic rings. The minimum absolute atomic E-state index is 0.0177. The summed E-state index contributed by atoms with van der Waals surface area (Å²) in [4.78, 5) is 16.8. The van der Waals surface area contributed by atoms with Crippen LogP contribution in [0.2, 0.25) is 0 Å². The van der Waals surface area contributed by atoms with Gasteiger partial charge in [0, 0.05) is 0 Å². The molecule has 0 unspecified atom stereocenters. The van der Waals surface area contributed by atoms with Gasteiger partial charge in [-0.1, -0.05) is 22.7 Å². The zero-order valence-corrected chi connectivity index (χ0v) is 11.9. The van der Waals surface area contributed by atoms with Crippen molar-refractivity contribution in [3.05, 3.63) is 42.4 Å². The lowest BCUT2D eigenvalue weighted by Gasteiger charge is -2.02. The van der Waals surface area contributed by atoms with Gasteiger partial charge in [-0.3, -0.25) is 0 Å². The Bertz CT molecular complexity index is 739. The van der Waals surface area contributed by atoms with E-state index in [0.29, 0.717) is 5.82 Å². The molecular weight excluding hydrogens is 290 g/mol. The maximum Gasteiger partial charge on any atom is 0.378 e. The number of carbonyl (C=O) groups excluding carboxylic acids is 1. The number of para-hydroxylation sites is 1. The topological polar surface area (TPSA) is 82.8 Å². The summed E-state index contributed by atoms with van der Waals surface area (Å²) in [6, 6.07) is 9.43. The molecule has 1 aromatic carbocycles. The predicted octanol–water partition coefficient (Wildman–Crippen LogP) is 1.96. The van der Waals surface area contributed by atoms with Crippen LogP contribution in [0.25, 0.3) is 16.4 Å². The van der Waals surface area contributed by atoms with Crippen LogP contribution in [0.1, 0.15) is 17.5 Å². The third-order valence-corrected chi connectivity index (χ3v) is 3.31. The van der Waals surface area contributed by atoms with Crippen LogP contribution in [0.4, 0.5) is 0 Å². The Labute approximate surface area is 124 Å². The van der Waals surface area contributed by atoms with Gasteiger partial charge >= 0.3 is 5.97 Å². The largest absolute Gasteiger partial charge is 0.460 e. The molecule has 0 atom stereocenters. The molecule has 106 valence electrons. The van der Waals surface area contributed by atoms with Crippen LogP contribution in [0.5, 0.6) is 0 Å². The van der Waals surface area contributed by atoms with Gasteiger partial charge in [-0.05, 0) is 30.6 Å². The summed E-state index contributed by atoms with van der Waals surface area (Å²) in [7, 11) is 0. The quantitative estimate of drug-likeness (QED) is 0.685. The first-order chi connectivity index (χ1) is 10.3. The fourth-order valence-corrected chi connectivity index (χ4v) is 2.26. The maximum absolute atomic E-state index is 11.8. The zero-order chi connectivity index (χ0) is 14.7. The van der Waals surface area contributed by atoms with E-state index < -0.39 is 5.97 Å². The van der Waals surface area contributed by atoms with Crippen LogP contribution in [-0.2, 0) is 4.74 Å². The summed E-state index contributed by atoms with van der Waals surface area (Å²) in [6.07, 6.45) is 1.59. The molecule has 0 radical (unpaired) electrons. The van der Waals surface area contributed by atoms with E-state index in [-0.39, 0.29) is 12.4 Å². The fraction of sp³-hybridized carbons (Fsp3) is 0.154. The van der Waals surface area contributed by atoms with Gasteiger partial charge in [-0.2, -0.15) is 4.98 Å². The number of esters is 1. The number of rotatable bonds is 4. The Morgan fingerprint density at radius 2 is 2.14 bits per heavy atom. The van der Waals surface area contributed by atoms with Crippen LogP contribution in [0.3, 0.4) is 0 Å². The smallest absolute Gasteiger partial charge is 0.378 e. The minimum Gasteiger partial charge on any atom is -0.460 e. The number of benzene rings is 1. The number of hydrogen-bond donors (Lipinski definition) is 0. The van der Waals surface area contributed by atoms with Gasteiger partial charge in [0.2, 0.25) is 0 Å². The Kier molecular flexibility index (Phi) is 3.69. The van der Waals surface area contributed by atoms with E-state index >= 15 is 0 Å². The van der Waals surface area contributed by atoms with Gasteiger partial charge in [0.25, 0.3) is 5.82 Å². The van der Waals surface area contributed by atoms with Crippen LogP contribution < -0.4 is 0 Å². The Morgan fingerprint density at radius 3 is 2.81 bits per heavy atom. The third-order valence-electron chi connectivity index (χ3n) is 2.65. The summed E-state index contributed by atoms with van der Waals surface area (Å²) >= 11 is 1.19. The molecule has 2 aromatic heterocycles. The molecule has 0 N–H and O–H groups in total. The number of carbonyl (C=O) groups is 1. The molecule has 0 saturated carbocycles. The van der Waals surface area contributed by atoms with Crippen LogP contribution in [0, 0.1) is 0 Å². The number of nitrogens with zero attached hydrogens (tertiary/aromatic N) is 5. The monoisotopic (exact) mass is 301 g/mol. The van der Waals surface area contributed by atoms with Gasteiger partial charge in [0.05, 0.1) is 18.5 Å². The van der Waals surface area contributed by atoms with Crippen molar-refractivity contribution in [3.63, 3.8) is 0 Å². The molecule has 0 aliphatic heterocycles. The molecule has 7 nitrogen and oxygen atoms in total. The Morgan fingerprint density at radius 1 is 1.33 bits per heavy atom. The second-order valence-electron chi connectivity index (χ2n) is 4.01. The lowest BCUT2D eigenvalue weighted by Crippen LogP contribution is -2.07. The minimum atomic E-state index is -0.550. The van der Waals surface area contributed by atoms with Crippen LogP contribution >= 0.6 is 11.5 Å². The van der Waals surface area contributed by atoms with Gasteiger partial charge < -0.3 is 4.74 Å². The molecule has 0 saturated heterocycles. The highest BCUT2D eigenvalue weighted by Gasteiger charge is 2.20. The number of hydrogen-bond acceptors (Lipinski definition) is 7. The zero-order valence-electron chi connectivity index (χ0n) is 11.1. The van der Waals surface area contributed by atoms with Crippen molar-refractivity contribution >= 4 is 17.5 Å². The normalized spacial score (nSPS) is 10.5. The molecule has 0 bridgehead atoms. The van der Waals surface area contributed by atoms with Crippen LogP contribution in [-0.4, -0.2) is 36.9 Å². The van der Waals surface area contributed by atoms with E-state index in [1.807, 2.05) is 30.3 Å². The molecule has 2 heterocycles. The van der Waals surface area contributed by atoms with Crippen molar-refractivity contribution in [1.29, 1.82) is 0 Å². The van der Waals surface area contributed by atoms with Gasteiger partial charge in [0.15, 0.2) is 5.82 Å². The van der Waals surface area contributed by atoms with Crippen molar-refractivity contribution in [2.75, 3.05) is 6.61 Å². The highest BCUT2D eigenvalue weighted by molar-refractivity contribution is 7.09. The Hall–Kier alpha value is -2.61. The lowest BCUT2D eigenvalue weighted by molar-refractivity contribution is 0.0512. The average Bonchev–Trinajstić information content (AvgIpc) is 3.17. The second kappa shape index (κ2) is 5.80. The van der Waals surface area contributed by atoms with E-state index in [1.54, 1.807) is 17.8 Å². The van der Waals surface area contributed by atoms with Gasteiger partial charge in [0.1, 0.15) is 4.88 Å². The molecule has 0 amide bonds. The maximum atomic E-state index is 11.8. The molecular formula is C13H11N5O2S. The lowest BCUT2D eigenvalue weighted by atomic mass is 10.3. The summed E-state index contributed by atoms with van der Waals surface area (Å²) in [5.74, 6) is -0.0192. The van der Waals surface area contributed by atoms with Crippen molar-refractivity contribution in [3.8, 4) is 16.4 Å². The van der Waals surface area contributed by atoms with E-state index in [0.717, 1.165) is 10.6 Å². The Balaban J connectivity index is 2.11. The molecule has 21 heavy (non-hydrogen) atoms. The van der Waals surface area contributed by atoms with Crippen molar-refractivity contribution in [2.24, 2.45) is 0 Å². The number of ether oxygens (including phenoxy) is 1. The van der Waals surface area contributed by atoms with Crippen molar-refractivity contribution < 1.29 is 9.53 Å². The van der Waals surface area contributed by atoms with E-state index in [4.69, 9.17) is 4.74 Å². The molecule has 0 spiro atoms. The van der Waals surface area contributed by atoms with E-state index in [1.165, 1.54) is 11.5 Å². The standard InChI is InChI=1S/C13H11N5O2S/c1-2-20-13(19)11-15-12(10-8-14-17-21-10)18(16-11)9-6-4-3-5-7-9/h3-8H,2H2,1H3. The number of aromatic nitrogens is 5. The first kappa shape index (κ1) is 13.4. The van der Waals surface area contributed by atoms with Crippen molar-refractivity contribution in [1.82, 2.24) is 24.4 Å². The molecule has 3 rings (SSSR count). The summed E-state index contributed by atoms with van der Waals surface area (Å²) in [5, 5.41) is 8.03. The average molecular weight is 301 g/mol. The van der Waals surface area contributed by atoms with E-state index in [9.17, 15) is 4.79 Å². The molecule has 0 aliphatic rings. The summed E-state index contributed by atoms with van der Waals surface area (Å²) in [5.41, 5.74) is 0.795. The third kappa shape index (κ3) is 2.65. The van der Waals surface area contributed by atoms with Gasteiger partial charge in [-0.25, -0.2) is 9.48 Å². The van der Waals surface area contributed by atoms with Crippen molar-refractivity contribution in [2.45, 2.75) is 6.92 Å². The predicted molar refractivity (Wildman–Crippen MR) is 76.2 cm³/mol. The summed E-state index contributed by atoms with van der Waals surface area (Å²) < 4.78 is 10.3. The second-order valence-corrected chi connectivity index (χ2v) is 4.79. The SMILES string of the molecule is CCOC(=O)c1nc(-c2cnns2)n(-c2ccccc2)n1. The van der Waals surface area contributed by atoms with Crippen LogP contribution in [0.15, 0.2) is 36.5 Å². The van der Waals surface area contributed by atoms with E-state index in [2.05, 4.69) is 19.7 Å². The highest BCUT2D eigenvalue weighted by atomic mass is 32.1. The first-order valence-corrected chi connectivity index (χ1v) is 7.04. The van der Waals surface area contributed by atoms with Gasteiger partial charge in [-0.15, -0.1) is 10.2 Å². The molecule has 0 aliphatic carbocycles. The fourth-order valence-electron chi connectivity index (χ4n) is 1.77. The molecule has 8 heteroatoms. The first-order valence-electron chi connectivity index (χ1n) is 6.27.